The van der Waals surface area contributed by atoms with E-state index in [0.29, 0.717) is 33.1 Å². The Morgan fingerprint density at radius 2 is 1.56 bits per heavy atom. The van der Waals surface area contributed by atoms with Crippen molar-refractivity contribution in [2.45, 2.75) is 0 Å². The second-order valence-corrected chi connectivity index (χ2v) is 8.25. The summed E-state index contributed by atoms with van der Waals surface area (Å²) in [5.74, 6) is -1.51. The highest BCUT2D eigenvalue weighted by Gasteiger charge is 2.17. The van der Waals surface area contributed by atoms with Gasteiger partial charge in [-0.05, 0) is 36.4 Å². The molecule has 39 heavy (non-hydrogen) atoms. The smallest absolute Gasteiger partial charge is 0.293 e. The van der Waals surface area contributed by atoms with Gasteiger partial charge in [-0.3, -0.25) is 24.5 Å². The molecule has 0 radical (unpaired) electrons. The number of carbonyl (C=O) groups excluding carboxylic acids is 2. The van der Waals surface area contributed by atoms with Gasteiger partial charge in [0.1, 0.15) is 17.0 Å². The molecule has 0 saturated carbocycles. The maximum atomic E-state index is 14.6. The third kappa shape index (κ3) is 4.81. The number of halogens is 1. The average Bonchev–Trinajstić information content (AvgIpc) is 2.97. The Kier molecular flexibility index (Phi) is 6.01. The molecular formula is C27H16FN9O2. The lowest BCUT2D eigenvalue weighted by molar-refractivity contribution is 0.101. The maximum absolute atomic E-state index is 14.6. The molecule has 2 amide bonds. The first-order valence-corrected chi connectivity index (χ1v) is 11.6. The zero-order valence-corrected chi connectivity index (χ0v) is 19.9. The maximum Gasteiger partial charge on any atom is 0.293 e. The highest BCUT2D eigenvalue weighted by molar-refractivity contribution is 6.08. The third-order valence-corrected chi connectivity index (χ3v) is 5.68. The first-order chi connectivity index (χ1) is 19.0. The van der Waals surface area contributed by atoms with Crippen molar-refractivity contribution in [1.82, 2.24) is 34.9 Å². The van der Waals surface area contributed by atoms with Crippen molar-refractivity contribution in [3.05, 3.63) is 103 Å². The highest BCUT2D eigenvalue weighted by atomic mass is 19.1. The normalized spacial score (nSPS) is 10.9. The molecule has 6 aromatic rings. The fourth-order valence-corrected chi connectivity index (χ4v) is 3.95. The molecule has 0 fully saturated rings. The molecule has 11 nitrogen and oxygen atoms in total. The van der Waals surface area contributed by atoms with E-state index in [-0.39, 0.29) is 23.0 Å². The van der Waals surface area contributed by atoms with E-state index in [2.05, 4.69) is 45.5 Å². The molecule has 12 heteroatoms. The lowest BCUT2D eigenvalue weighted by atomic mass is 10.1. The van der Waals surface area contributed by atoms with Gasteiger partial charge in [0.25, 0.3) is 11.8 Å². The number of rotatable bonds is 5. The molecule has 0 aliphatic carbocycles. The number of aromatic nitrogens is 7. The van der Waals surface area contributed by atoms with Gasteiger partial charge >= 0.3 is 0 Å². The number of benzene rings is 1. The van der Waals surface area contributed by atoms with Crippen LogP contribution < -0.4 is 10.6 Å². The van der Waals surface area contributed by atoms with Crippen LogP contribution in [-0.4, -0.2) is 46.7 Å². The minimum Gasteiger partial charge on any atom is -0.317 e. The van der Waals surface area contributed by atoms with E-state index in [1.54, 1.807) is 36.7 Å². The summed E-state index contributed by atoms with van der Waals surface area (Å²) in [7, 11) is 0. The summed E-state index contributed by atoms with van der Waals surface area (Å²) in [4.78, 5) is 54.6. The molecule has 5 heterocycles. The highest BCUT2D eigenvalue weighted by Crippen LogP contribution is 2.30. The van der Waals surface area contributed by atoms with Crippen LogP contribution in [0.4, 0.5) is 15.9 Å². The van der Waals surface area contributed by atoms with Gasteiger partial charge < -0.3 is 10.6 Å². The summed E-state index contributed by atoms with van der Waals surface area (Å²) in [5, 5.41) is 6.51. The van der Waals surface area contributed by atoms with Crippen molar-refractivity contribution in [3.8, 4) is 11.3 Å². The zero-order valence-electron chi connectivity index (χ0n) is 19.9. The van der Waals surface area contributed by atoms with Gasteiger partial charge in [0.2, 0.25) is 5.82 Å². The van der Waals surface area contributed by atoms with Crippen LogP contribution in [0.3, 0.4) is 0 Å². The molecule has 2 N–H and O–H groups in total. The molecule has 0 bridgehead atoms. The molecule has 1 aromatic carbocycles. The van der Waals surface area contributed by atoms with Crippen LogP contribution in [0, 0.1) is 5.82 Å². The van der Waals surface area contributed by atoms with Crippen LogP contribution >= 0.6 is 0 Å². The molecule has 0 aliphatic heterocycles. The van der Waals surface area contributed by atoms with Gasteiger partial charge in [0, 0.05) is 53.5 Å². The van der Waals surface area contributed by atoms with Gasteiger partial charge in [-0.25, -0.2) is 24.3 Å². The predicted octanol–water partition coefficient (Wildman–Crippen LogP) is 4.07. The molecule has 0 unspecified atom stereocenters. The van der Waals surface area contributed by atoms with Crippen LogP contribution in [0.15, 0.2) is 85.8 Å². The summed E-state index contributed by atoms with van der Waals surface area (Å²) in [5.41, 5.74) is 2.15. The molecular weight excluding hydrogens is 501 g/mol. The van der Waals surface area contributed by atoms with E-state index in [4.69, 9.17) is 0 Å². The van der Waals surface area contributed by atoms with Crippen LogP contribution in [0.25, 0.3) is 33.1 Å². The minimum absolute atomic E-state index is 0.0587. The first kappa shape index (κ1) is 23.6. The number of carbonyl (C=O) groups is 2. The van der Waals surface area contributed by atoms with Gasteiger partial charge in [0.05, 0.1) is 23.1 Å². The number of amides is 2. The number of hydrogen-bond donors (Lipinski definition) is 2. The first-order valence-electron chi connectivity index (χ1n) is 11.6. The van der Waals surface area contributed by atoms with E-state index in [0.717, 1.165) is 0 Å². The number of pyridine rings is 3. The van der Waals surface area contributed by atoms with Crippen molar-refractivity contribution >= 4 is 45.1 Å². The second-order valence-electron chi connectivity index (χ2n) is 8.25. The monoisotopic (exact) mass is 517 g/mol. The van der Waals surface area contributed by atoms with Crippen LogP contribution in [-0.2, 0) is 0 Å². The van der Waals surface area contributed by atoms with E-state index in [1.165, 1.54) is 43.1 Å². The van der Waals surface area contributed by atoms with E-state index in [9.17, 15) is 14.0 Å². The molecule has 5 aromatic heterocycles. The standard InChI is InChI=1S/C27H16FN9O2/c28-18-10-16-9-17(13-34-22(16)20(12-18)36-27(39)25-32-5-2-6-33-25)19-11-15-3-1-4-31-23(15)24(35-19)37-26(38)21-14-29-7-8-30-21/h1-14H,(H,36,39)(H,35,37,38). The quantitative estimate of drug-likeness (QED) is 0.345. The van der Waals surface area contributed by atoms with Crippen LogP contribution in [0.1, 0.15) is 21.1 Å². The Labute approximate surface area is 219 Å². The lowest BCUT2D eigenvalue weighted by Crippen LogP contribution is -2.16. The number of anilines is 2. The molecule has 188 valence electrons. The number of fused-ring (bicyclic) bond motifs is 2. The summed E-state index contributed by atoms with van der Waals surface area (Å²) in [6.45, 7) is 0. The van der Waals surface area contributed by atoms with Gasteiger partial charge in [-0.15, -0.1) is 0 Å². The van der Waals surface area contributed by atoms with Crippen molar-refractivity contribution in [2.75, 3.05) is 10.6 Å². The Morgan fingerprint density at radius 1 is 0.718 bits per heavy atom. The topological polar surface area (TPSA) is 148 Å². The molecule has 0 aliphatic rings. The summed E-state index contributed by atoms with van der Waals surface area (Å²) in [6, 6.07) is 11.1. The zero-order chi connectivity index (χ0) is 26.8. The Bertz CT molecular complexity index is 1870. The summed E-state index contributed by atoms with van der Waals surface area (Å²) >= 11 is 0. The Morgan fingerprint density at radius 3 is 2.38 bits per heavy atom. The number of nitrogens with one attached hydrogen (secondary N) is 2. The fourth-order valence-electron chi connectivity index (χ4n) is 3.95. The summed E-state index contributed by atoms with van der Waals surface area (Å²) < 4.78 is 14.6. The molecule has 6 rings (SSSR count). The van der Waals surface area contributed by atoms with E-state index in [1.807, 2.05) is 6.07 Å². The number of nitrogens with zero attached hydrogens (tertiary/aromatic N) is 7. The van der Waals surface area contributed by atoms with Gasteiger partial charge in [0.15, 0.2) is 5.82 Å². The Balaban J connectivity index is 1.39. The molecule has 0 saturated heterocycles. The summed E-state index contributed by atoms with van der Waals surface area (Å²) in [6.07, 6.45) is 10.2. The Hall–Kier alpha value is -5.78. The molecule has 0 atom stereocenters. The van der Waals surface area contributed by atoms with Crippen LogP contribution in [0.5, 0.6) is 0 Å². The van der Waals surface area contributed by atoms with Crippen molar-refractivity contribution in [2.24, 2.45) is 0 Å². The second kappa shape index (κ2) is 9.94. The van der Waals surface area contributed by atoms with Crippen molar-refractivity contribution < 1.29 is 14.0 Å². The van der Waals surface area contributed by atoms with Crippen LogP contribution in [0.2, 0.25) is 0 Å². The van der Waals surface area contributed by atoms with E-state index >= 15 is 0 Å². The van der Waals surface area contributed by atoms with Crippen molar-refractivity contribution in [1.29, 1.82) is 0 Å². The fraction of sp³-hybridized carbons (Fsp3) is 0. The minimum atomic E-state index is -0.597. The van der Waals surface area contributed by atoms with Gasteiger partial charge in [-0.1, -0.05) is 6.07 Å². The lowest BCUT2D eigenvalue weighted by Gasteiger charge is -2.12. The number of hydrogen-bond acceptors (Lipinski definition) is 9. The largest absolute Gasteiger partial charge is 0.317 e. The van der Waals surface area contributed by atoms with E-state index < -0.39 is 17.6 Å². The van der Waals surface area contributed by atoms with Crippen molar-refractivity contribution in [3.63, 3.8) is 0 Å². The molecule has 0 spiro atoms. The SMILES string of the molecule is O=C(Nc1nc(-c2cnc3c(NC(=O)c4ncccn4)cc(F)cc3c2)cc2cccnc12)c1cnccn1. The average molecular weight is 517 g/mol. The third-order valence-electron chi connectivity index (χ3n) is 5.68. The van der Waals surface area contributed by atoms with Gasteiger partial charge in [-0.2, -0.15) is 0 Å². The predicted molar refractivity (Wildman–Crippen MR) is 140 cm³/mol.